The van der Waals surface area contributed by atoms with E-state index in [-0.39, 0.29) is 16.6 Å². The standard InChI is InChI=1S/C12H8Cl2N2O3S/c1-19-12-15-5-9(14)10(16-12)20-6-2-3-8(13)7(4-6)11(17)18/h2-5H,1H3,(H,17,18). The second-order valence-electron chi connectivity index (χ2n) is 3.56. The van der Waals surface area contributed by atoms with Crippen molar-refractivity contribution in [1.29, 1.82) is 0 Å². The highest BCUT2D eigenvalue weighted by molar-refractivity contribution is 7.99. The van der Waals surface area contributed by atoms with Crippen molar-refractivity contribution in [2.45, 2.75) is 9.92 Å². The Kier molecular flexibility index (Phi) is 4.69. The van der Waals surface area contributed by atoms with Gasteiger partial charge in [-0.3, -0.25) is 0 Å². The molecule has 8 heteroatoms. The van der Waals surface area contributed by atoms with Crippen molar-refractivity contribution in [2.24, 2.45) is 0 Å². The summed E-state index contributed by atoms with van der Waals surface area (Å²) >= 11 is 13.0. The molecule has 0 radical (unpaired) electrons. The topological polar surface area (TPSA) is 72.3 Å². The first-order chi connectivity index (χ1) is 9.51. The molecule has 0 unspecified atom stereocenters. The number of benzene rings is 1. The van der Waals surface area contributed by atoms with Gasteiger partial charge in [-0.1, -0.05) is 35.0 Å². The molecule has 0 aliphatic heterocycles. The fourth-order valence-corrected chi connectivity index (χ4v) is 2.56. The van der Waals surface area contributed by atoms with E-state index in [4.69, 9.17) is 33.0 Å². The lowest BCUT2D eigenvalue weighted by atomic mass is 10.2. The fraction of sp³-hybridized carbons (Fsp3) is 0.0833. The number of aromatic nitrogens is 2. The fourth-order valence-electron chi connectivity index (χ4n) is 1.35. The molecule has 2 rings (SSSR count). The van der Waals surface area contributed by atoms with Crippen LogP contribution in [0.25, 0.3) is 0 Å². The van der Waals surface area contributed by atoms with Crippen molar-refractivity contribution in [3.8, 4) is 6.01 Å². The molecule has 0 saturated carbocycles. The first-order valence-corrected chi connectivity index (χ1v) is 6.85. The van der Waals surface area contributed by atoms with Gasteiger partial charge in [0.05, 0.1) is 28.9 Å². The summed E-state index contributed by atoms with van der Waals surface area (Å²) in [7, 11) is 1.45. The van der Waals surface area contributed by atoms with E-state index < -0.39 is 5.97 Å². The molecule has 1 N–H and O–H groups in total. The second kappa shape index (κ2) is 6.30. The van der Waals surface area contributed by atoms with Crippen LogP contribution in [0, 0.1) is 0 Å². The lowest BCUT2D eigenvalue weighted by Gasteiger charge is -2.06. The third kappa shape index (κ3) is 3.33. The monoisotopic (exact) mass is 330 g/mol. The molecule has 0 atom stereocenters. The molecule has 0 fully saturated rings. The number of ether oxygens (including phenoxy) is 1. The smallest absolute Gasteiger partial charge is 0.337 e. The van der Waals surface area contributed by atoms with Crippen molar-refractivity contribution in [2.75, 3.05) is 7.11 Å². The van der Waals surface area contributed by atoms with E-state index in [0.29, 0.717) is 14.9 Å². The molecule has 1 heterocycles. The maximum Gasteiger partial charge on any atom is 0.337 e. The Morgan fingerprint density at radius 3 is 2.75 bits per heavy atom. The van der Waals surface area contributed by atoms with Crippen LogP contribution in [0.5, 0.6) is 6.01 Å². The zero-order valence-electron chi connectivity index (χ0n) is 10.1. The quantitative estimate of drug-likeness (QED) is 0.863. The van der Waals surface area contributed by atoms with Gasteiger partial charge < -0.3 is 9.84 Å². The van der Waals surface area contributed by atoms with E-state index in [1.54, 1.807) is 6.07 Å². The van der Waals surface area contributed by atoms with Crippen LogP contribution in [-0.2, 0) is 0 Å². The lowest BCUT2D eigenvalue weighted by Crippen LogP contribution is -1.97. The van der Waals surface area contributed by atoms with Crippen LogP contribution in [0.2, 0.25) is 10.0 Å². The molecule has 1 aromatic heterocycles. The van der Waals surface area contributed by atoms with Gasteiger partial charge in [0.1, 0.15) is 5.03 Å². The van der Waals surface area contributed by atoms with E-state index in [2.05, 4.69) is 9.97 Å². The van der Waals surface area contributed by atoms with Gasteiger partial charge in [0.15, 0.2) is 0 Å². The summed E-state index contributed by atoms with van der Waals surface area (Å²) in [6.45, 7) is 0. The molecule has 0 aliphatic rings. The number of carboxylic acid groups (broad SMARTS) is 1. The van der Waals surface area contributed by atoms with E-state index in [0.717, 1.165) is 0 Å². The number of carboxylic acids is 1. The Hall–Kier alpha value is -1.50. The summed E-state index contributed by atoms with van der Waals surface area (Å²) in [5, 5.41) is 10.0. The molecule has 0 saturated heterocycles. The van der Waals surface area contributed by atoms with E-state index >= 15 is 0 Å². The minimum atomic E-state index is -1.09. The van der Waals surface area contributed by atoms with Gasteiger partial charge in [-0.15, -0.1) is 0 Å². The third-order valence-electron chi connectivity index (χ3n) is 2.26. The zero-order chi connectivity index (χ0) is 14.7. The highest BCUT2D eigenvalue weighted by Gasteiger charge is 2.12. The van der Waals surface area contributed by atoms with Crippen molar-refractivity contribution < 1.29 is 14.6 Å². The van der Waals surface area contributed by atoms with E-state index in [9.17, 15) is 4.79 Å². The highest BCUT2D eigenvalue weighted by Crippen LogP contribution is 2.33. The van der Waals surface area contributed by atoms with Gasteiger partial charge in [-0.2, -0.15) is 4.98 Å². The van der Waals surface area contributed by atoms with Crippen LogP contribution < -0.4 is 4.74 Å². The number of methoxy groups -OCH3 is 1. The van der Waals surface area contributed by atoms with E-state index in [1.165, 1.54) is 37.2 Å². The SMILES string of the molecule is COc1ncc(Cl)c(Sc2ccc(Cl)c(C(=O)O)c2)n1. The Labute approximate surface area is 128 Å². The van der Waals surface area contributed by atoms with Crippen LogP contribution in [-0.4, -0.2) is 28.2 Å². The van der Waals surface area contributed by atoms with Crippen LogP contribution in [0.1, 0.15) is 10.4 Å². The maximum atomic E-state index is 11.0. The molecular formula is C12H8Cl2N2O3S. The first-order valence-electron chi connectivity index (χ1n) is 5.28. The summed E-state index contributed by atoms with van der Waals surface area (Å²) < 4.78 is 4.92. The minimum Gasteiger partial charge on any atom is -0.478 e. The molecule has 0 spiro atoms. The highest BCUT2D eigenvalue weighted by atomic mass is 35.5. The van der Waals surface area contributed by atoms with Gasteiger partial charge in [-0.25, -0.2) is 9.78 Å². The number of hydrogen-bond donors (Lipinski definition) is 1. The molecule has 0 bridgehead atoms. The van der Waals surface area contributed by atoms with Gasteiger partial charge >= 0.3 is 12.0 Å². The number of rotatable bonds is 4. The number of hydrogen-bond acceptors (Lipinski definition) is 5. The summed E-state index contributed by atoms with van der Waals surface area (Å²) in [4.78, 5) is 19.6. The lowest BCUT2D eigenvalue weighted by molar-refractivity contribution is 0.0697. The maximum absolute atomic E-state index is 11.0. The predicted molar refractivity (Wildman–Crippen MR) is 76.1 cm³/mol. The van der Waals surface area contributed by atoms with Crippen molar-refractivity contribution in [1.82, 2.24) is 9.97 Å². The Morgan fingerprint density at radius 2 is 2.10 bits per heavy atom. The molecule has 20 heavy (non-hydrogen) atoms. The number of carbonyl (C=O) groups is 1. The van der Waals surface area contributed by atoms with Crippen LogP contribution in [0.4, 0.5) is 0 Å². The van der Waals surface area contributed by atoms with E-state index in [1.807, 2.05) is 0 Å². The minimum absolute atomic E-state index is 0.0220. The molecule has 5 nitrogen and oxygen atoms in total. The van der Waals surface area contributed by atoms with Crippen molar-refractivity contribution in [3.63, 3.8) is 0 Å². The average molecular weight is 331 g/mol. The van der Waals surface area contributed by atoms with Gasteiger partial charge in [0, 0.05) is 4.90 Å². The van der Waals surface area contributed by atoms with Gasteiger partial charge in [0.25, 0.3) is 0 Å². The molecular weight excluding hydrogens is 323 g/mol. The summed E-state index contributed by atoms with van der Waals surface area (Å²) in [6, 6.07) is 4.84. The Bertz CT molecular complexity index is 667. The number of nitrogens with zero attached hydrogens (tertiary/aromatic N) is 2. The summed E-state index contributed by atoms with van der Waals surface area (Å²) in [5.74, 6) is -1.09. The van der Waals surface area contributed by atoms with Crippen LogP contribution in [0.15, 0.2) is 34.3 Å². The largest absolute Gasteiger partial charge is 0.478 e. The van der Waals surface area contributed by atoms with Gasteiger partial charge in [-0.05, 0) is 18.2 Å². The van der Waals surface area contributed by atoms with Crippen molar-refractivity contribution in [3.05, 3.63) is 40.0 Å². The zero-order valence-corrected chi connectivity index (χ0v) is 12.5. The van der Waals surface area contributed by atoms with Crippen LogP contribution >= 0.6 is 35.0 Å². The van der Waals surface area contributed by atoms with Gasteiger partial charge in [0.2, 0.25) is 0 Å². The predicted octanol–water partition coefficient (Wildman–Crippen LogP) is 3.64. The molecule has 1 aromatic carbocycles. The average Bonchev–Trinajstić information content (AvgIpc) is 2.43. The third-order valence-corrected chi connectivity index (χ3v) is 3.97. The van der Waals surface area contributed by atoms with Crippen molar-refractivity contribution >= 4 is 40.9 Å². The van der Waals surface area contributed by atoms with Crippen LogP contribution in [0.3, 0.4) is 0 Å². The molecule has 104 valence electrons. The summed E-state index contributed by atoms with van der Waals surface area (Å²) in [5.41, 5.74) is 0.0220. The normalized spacial score (nSPS) is 10.3. The summed E-state index contributed by atoms with van der Waals surface area (Å²) in [6.07, 6.45) is 1.42. The number of halogens is 2. The molecule has 0 aliphatic carbocycles. The number of aromatic carboxylic acids is 1. The molecule has 2 aromatic rings. The Balaban J connectivity index is 2.35. The molecule has 0 amide bonds. The first kappa shape index (κ1) is 14.9. The Morgan fingerprint density at radius 1 is 1.35 bits per heavy atom. The second-order valence-corrected chi connectivity index (χ2v) is 5.44.